The molecular formula is C9H10BrClN2O. The van der Waals surface area contributed by atoms with Gasteiger partial charge >= 0.3 is 0 Å². The van der Waals surface area contributed by atoms with Gasteiger partial charge in [0.15, 0.2) is 5.15 Å². The molecule has 5 heteroatoms. The number of nitrogens with zero attached hydrogens (tertiary/aromatic N) is 2. The molecule has 0 spiro atoms. The molecule has 0 aromatic carbocycles. The van der Waals surface area contributed by atoms with Crippen LogP contribution in [0.5, 0.6) is 0 Å². The Kier molecular flexibility index (Phi) is 2.93. The van der Waals surface area contributed by atoms with Gasteiger partial charge in [0.05, 0.1) is 6.33 Å². The van der Waals surface area contributed by atoms with E-state index in [0.29, 0.717) is 4.47 Å². The highest BCUT2D eigenvalue weighted by atomic mass is 79.9. The van der Waals surface area contributed by atoms with E-state index >= 15 is 0 Å². The molecule has 0 saturated heterocycles. The van der Waals surface area contributed by atoms with Gasteiger partial charge in [-0.3, -0.25) is 9.36 Å². The third-order valence-electron chi connectivity index (χ3n) is 2.42. The molecule has 1 fully saturated rings. The summed E-state index contributed by atoms with van der Waals surface area (Å²) in [6.07, 6.45) is 5.18. The van der Waals surface area contributed by atoms with Crippen molar-refractivity contribution in [1.82, 2.24) is 9.55 Å². The van der Waals surface area contributed by atoms with E-state index in [1.165, 1.54) is 19.2 Å². The van der Waals surface area contributed by atoms with Crippen molar-refractivity contribution < 1.29 is 0 Å². The molecule has 0 unspecified atom stereocenters. The molecule has 1 aromatic rings. The molecule has 1 aliphatic carbocycles. The lowest BCUT2D eigenvalue weighted by molar-refractivity contribution is 0.571. The van der Waals surface area contributed by atoms with Crippen LogP contribution in [0.1, 0.15) is 19.3 Å². The van der Waals surface area contributed by atoms with Crippen molar-refractivity contribution in [3.8, 4) is 0 Å². The zero-order valence-corrected chi connectivity index (χ0v) is 9.88. The molecular weight excluding hydrogens is 267 g/mol. The topological polar surface area (TPSA) is 34.9 Å². The van der Waals surface area contributed by atoms with Gasteiger partial charge in [0, 0.05) is 6.54 Å². The van der Waals surface area contributed by atoms with Crippen molar-refractivity contribution in [2.75, 3.05) is 0 Å². The van der Waals surface area contributed by atoms with Gasteiger partial charge in [-0.15, -0.1) is 0 Å². The first-order valence-electron chi connectivity index (χ1n) is 4.59. The number of rotatable bonds is 3. The Morgan fingerprint density at radius 1 is 1.64 bits per heavy atom. The Labute approximate surface area is 95.2 Å². The van der Waals surface area contributed by atoms with Crippen LogP contribution in [0.4, 0.5) is 0 Å². The first-order chi connectivity index (χ1) is 6.68. The second-order valence-corrected chi connectivity index (χ2v) is 4.73. The van der Waals surface area contributed by atoms with Gasteiger partial charge in [0.25, 0.3) is 5.56 Å². The van der Waals surface area contributed by atoms with E-state index in [1.807, 2.05) is 0 Å². The zero-order chi connectivity index (χ0) is 10.1. The standard InChI is InChI=1S/C9H10BrClN2O/c10-7-8(11)12-5-13(9(7)14)4-3-6-1-2-6/h5-6H,1-4H2. The third-order valence-corrected chi connectivity index (χ3v) is 3.64. The van der Waals surface area contributed by atoms with Gasteiger partial charge in [-0.1, -0.05) is 24.4 Å². The lowest BCUT2D eigenvalue weighted by Crippen LogP contribution is -2.21. The van der Waals surface area contributed by atoms with Crippen LogP contribution < -0.4 is 5.56 Å². The average Bonchev–Trinajstić information content (AvgIpc) is 2.97. The van der Waals surface area contributed by atoms with Gasteiger partial charge < -0.3 is 0 Å². The molecule has 14 heavy (non-hydrogen) atoms. The maximum atomic E-state index is 11.6. The minimum atomic E-state index is -0.0920. The Hall–Kier alpha value is -0.350. The van der Waals surface area contributed by atoms with Crippen molar-refractivity contribution in [3.05, 3.63) is 26.3 Å². The van der Waals surface area contributed by atoms with Crippen molar-refractivity contribution in [3.63, 3.8) is 0 Å². The maximum Gasteiger partial charge on any atom is 0.269 e. The highest BCUT2D eigenvalue weighted by Crippen LogP contribution is 2.32. The lowest BCUT2D eigenvalue weighted by atomic mass is 10.3. The summed E-state index contributed by atoms with van der Waals surface area (Å²) in [5.41, 5.74) is -0.0920. The Bertz CT molecular complexity index is 400. The van der Waals surface area contributed by atoms with Crippen LogP contribution in [0, 0.1) is 5.92 Å². The van der Waals surface area contributed by atoms with E-state index in [-0.39, 0.29) is 10.7 Å². The minimum Gasteiger partial charge on any atom is -0.298 e. The first kappa shape index (κ1) is 10.2. The molecule has 1 aliphatic rings. The van der Waals surface area contributed by atoms with E-state index < -0.39 is 0 Å². The fraction of sp³-hybridized carbons (Fsp3) is 0.556. The van der Waals surface area contributed by atoms with Crippen LogP contribution in [0.2, 0.25) is 5.15 Å². The summed E-state index contributed by atoms with van der Waals surface area (Å²) in [6, 6.07) is 0. The highest BCUT2D eigenvalue weighted by Gasteiger charge is 2.21. The molecule has 0 bridgehead atoms. The highest BCUT2D eigenvalue weighted by molar-refractivity contribution is 9.10. The quantitative estimate of drug-likeness (QED) is 0.796. The van der Waals surface area contributed by atoms with Crippen LogP contribution in [0.15, 0.2) is 15.6 Å². The van der Waals surface area contributed by atoms with Gasteiger partial charge in [-0.05, 0) is 28.3 Å². The maximum absolute atomic E-state index is 11.6. The molecule has 0 N–H and O–H groups in total. The number of halogens is 2. The molecule has 2 rings (SSSR count). The molecule has 76 valence electrons. The third kappa shape index (κ3) is 2.17. The SMILES string of the molecule is O=c1c(Br)c(Cl)ncn1CCC1CC1. The predicted molar refractivity (Wildman–Crippen MR) is 58.5 cm³/mol. The van der Waals surface area contributed by atoms with Gasteiger partial charge in [0.1, 0.15) is 4.47 Å². The van der Waals surface area contributed by atoms with Crippen LogP contribution >= 0.6 is 27.5 Å². The largest absolute Gasteiger partial charge is 0.298 e. The molecule has 1 saturated carbocycles. The smallest absolute Gasteiger partial charge is 0.269 e. The van der Waals surface area contributed by atoms with Crippen LogP contribution in [-0.4, -0.2) is 9.55 Å². The second kappa shape index (κ2) is 4.03. The van der Waals surface area contributed by atoms with Crippen molar-refractivity contribution in [2.24, 2.45) is 5.92 Å². The summed E-state index contributed by atoms with van der Waals surface area (Å²) in [7, 11) is 0. The van der Waals surface area contributed by atoms with E-state index in [4.69, 9.17) is 11.6 Å². The fourth-order valence-corrected chi connectivity index (χ4v) is 1.79. The van der Waals surface area contributed by atoms with Gasteiger partial charge in [0.2, 0.25) is 0 Å². The molecule has 3 nitrogen and oxygen atoms in total. The number of hydrogen-bond acceptors (Lipinski definition) is 2. The Morgan fingerprint density at radius 3 is 3.00 bits per heavy atom. The normalized spacial score (nSPS) is 15.9. The van der Waals surface area contributed by atoms with E-state index in [2.05, 4.69) is 20.9 Å². The molecule has 0 aliphatic heterocycles. The Balaban J connectivity index is 2.16. The molecule has 1 aromatic heterocycles. The Morgan fingerprint density at radius 2 is 2.36 bits per heavy atom. The van der Waals surface area contributed by atoms with E-state index in [0.717, 1.165) is 18.9 Å². The van der Waals surface area contributed by atoms with Gasteiger partial charge in [-0.25, -0.2) is 4.98 Å². The second-order valence-electron chi connectivity index (χ2n) is 3.58. The fourth-order valence-electron chi connectivity index (χ4n) is 1.33. The summed E-state index contributed by atoms with van der Waals surface area (Å²) in [5.74, 6) is 0.816. The van der Waals surface area contributed by atoms with E-state index in [9.17, 15) is 4.79 Å². The molecule has 1 heterocycles. The summed E-state index contributed by atoms with van der Waals surface area (Å²) in [4.78, 5) is 15.5. The van der Waals surface area contributed by atoms with Crippen LogP contribution in [0.3, 0.4) is 0 Å². The monoisotopic (exact) mass is 276 g/mol. The molecule has 0 amide bonds. The van der Waals surface area contributed by atoms with Crippen LogP contribution in [-0.2, 0) is 6.54 Å². The van der Waals surface area contributed by atoms with Crippen LogP contribution in [0.25, 0.3) is 0 Å². The number of hydrogen-bond donors (Lipinski definition) is 0. The minimum absolute atomic E-state index is 0.0920. The lowest BCUT2D eigenvalue weighted by Gasteiger charge is -2.04. The average molecular weight is 278 g/mol. The summed E-state index contributed by atoms with van der Waals surface area (Å²) >= 11 is 8.81. The summed E-state index contributed by atoms with van der Waals surface area (Å²) < 4.78 is 1.96. The summed E-state index contributed by atoms with van der Waals surface area (Å²) in [5, 5.41) is 0.234. The molecule has 0 atom stereocenters. The number of aryl methyl sites for hydroxylation is 1. The summed E-state index contributed by atoms with van der Waals surface area (Å²) in [6.45, 7) is 0.742. The molecule has 0 radical (unpaired) electrons. The predicted octanol–water partition coefficient (Wildman–Crippen LogP) is 2.46. The van der Waals surface area contributed by atoms with Crippen molar-refractivity contribution >= 4 is 27.5 Å². The van der Waals surface area contributed by atoms with Crippen molar-refractivity contribution in [2.45, 2.75) is 25.8 Å². The first-order valence-corrected chi connectivity index (χ1v) is 5.76. The zero-order valence-electron chi connectivity index (χ0n) is 7.54. The van der Waals surface area contributed by atoms with Gasteiger partial charge in [-0.2, -0.15) is 0 Å². The van der Waals surface area contributed by atoms with E-state index in [1.54, 1.807) is 4.57 Å². The number of aromatic nitrogens is 2. The van der Waals surface area contributed by atoms with Crippen molar-refractivity contribution in [1.29, 1.82) is 0 Å².